The number of ether oxygens (including phenoxy) is 5. The molecule has 3 fully saturated rings. The van der Waals surface area contributed by atoms with Gasteiger partial charge in [0.1, 0.15) is 36.7 Å². The van der Waals surface area contributed by atoms with Crippen LogP contribution in [0, 0.1) is 17.1 Å². The van der Waals surface area contributed by atoms with E-state index in [9.17, 15) is 9.18 Å². The van der Waals surface area contributed by atoms with Gasteiger partial charge in [0.25, 0.3) is 5.91 Å². The molecule has 3 atom stereocenters. The van der Waals surface area contributed by atoms with Crippen molar-refractivity contribution in [1.29, 1.82) is 5.26 Å². The lowest BCUT2D eigenvalue weighted by Crippen LogP contribution is -2.52. The number of rotatable bonds is 16. The van der Waals surface area contributed by atoms with Crippen molar-refractivity contribution in [2.45, 2.75) is 115 Å². The van der Waals surface area contributed by atoms with E-state index in [1.54, 1.807) is 18.2 Å². The Labute approximate surface area is 328 Å². The van der Waals surface area contributed by atoms with E-state index in [0.717, 1.165) is 42.7 Å². The maximum absolute atomic E-state index is 14.5. The van der Waals surface area contributed by atoms with Crippen LogP contribution in [0.3, 0.4) is 0 Å². The monoisotopic (exact) mass is 768 g/mol. The lowest BCUT2D eigenvalue weighted by molar-refractivity contribution is -0.0609. The van der Waals surface area contributed by atoms with Crippen LogP contribution in [-0.2, 0) is 44.2 Å². The average Bonchev–Trinajstić information content (AvgIpc) is 3.73. The highest BCUT2D eigenvalue weighted by molar-refractivity contribution is 5.97. The molecule has 298 valence electrons. The minimum Gasteiger partial charge on any atom is -0.473 e. The number of nitriles is 1. The molecule has 3 aliphatic rings. The largest absolute Gasteiger partial charge is 0.473 e. The third-order valence-corrected chi connectivity index (χ3v) is 11.2. The smallest absolute Gasteiger partial charge is 0.251 e. The van der Waals surface area contributed by atoms with Crippen LogP contribution in [0.2, 0.25) is 0 Å². The Morgan fingerprint density at radius 3 is 2.70 bits per heavy atom. The normalized spacial score (nSPS) is 21.4. The second kappa shape index (κ2) is 16.6. The number of likely N-dealkylation sites (tertiary alicyclic amines) is 1. The molecule has 0 radical (unpaired) electrons. The summed E-state index contributed by atoms with van der Waals surface area (Å²) in [6.45, 7) is 14.4. The third kappa shape index (κ3) is 8.90. The van der Waals surface area contributed by atoms with Crippen LogP contribution >= 0.6 is 0 Å². The van der Waals surface area contributed by atoms with Gasteiger partial charge < -0.3 is 33.6 Å². The lowest BCUT2D eigenvalue weighted by atomic mass is 9.85. The Morgan fingerprint density at radius 1 is 1.11 bits per heavy atom. The van der Waals surface area contributed by atoms with Crippen LogP contribution in [0.1, 0.15) is 99.7 Å². The van der Waals surface area contributed by atoms with Crippen LogP contribution in [0.15, 0.2) is 54.6 Å². The van der Waals surface area contributed by atoms with Crippen molar-refractivity contribution in [1.82, 2.24) is 24.8 Å². The first-order chi connectivity index (χ1) is 26.9. The standard InChI is InChI=1S/C43H53FN6O6/c1-6-15-42(4,5)55-20-17-41(2,3)48-40(51)30-12-13-34-35(22-30)50(24-32-14-19-52-32)38(46-34)26-49-18-16-43(37(25-49)54-28-56-43)36-8-7-9-39(47-36)53-27-31-11-10-29(23-45)21-33(31)44/h7-13,21-22,32,37H,6,14-20,24-28H2,1-5H3,(H,48,51)/t32-,37+,43+/m0/s1. The molecule has 2 aromatic carbocycles. The van der Waals surface area contributed by atoms with Gasteiger partial charge in [-0.3, -0.25) is 9.69 Å². The molecule has 56 heavy (non-hydrogen) atoms. The van der Waals surface area contributed by atoms with E-state index >= 15 is 0 Å². The average molecular weight is 769 g/mol. The highest BCUT2D eigenvalue weighted by atomic mass is 19.1. The number of imidazole rings is 1. The van der Waals surface area contributed by atoms with E-state index in [4.69, 9.17) is 38.9 Å². The first kappa shape index (κ1) is 39.8. The molecule has 7 rings (SSSR count). The Bertz CT molecular complexity index is 2080. The van der Waals surface area contributed by atoms with Crippen molar-refractivity contribution in [2.75, 3.05) is 33.1 Å². The quantitative estimate of drug-likeness (QED) is 0.130. The van der Waals surface area contributed by atoms with Crippen molar-refractivity contribution >= 4 is 16.9 Å². The molecule has 0 bridgehead atoms. The summed E-state index contributed by atoms with van der Waals surface area (Å²) in [6, 6.07) is 17.5. The molecule has 3 aliphatic heterocycles. The number of piperidine rings is 1. The number of benzene rings is 2. The van der Waals surface area contributed by atoms with Gasteiger partial charge in [-0.05, 0) is 89.8 Å². The number of pyridine rings is 1. The molecule has 1 N–H and O–H groups in total. The first-order valence-electron chi connectivity index (χ1n) is 19.7. The fourth-order valence-corrected chi connectivity index (χ4v) is 7.83. The summed E-state index contributed by atoms with van der Waals surface area (Å²) in [5.41, 5.74) is 2.20. The second-order valence-electron chi connectivity index (χ2n) is 16.4. The second-order valence-corrected chi connectivity index (χ2v) is 16.4. The van der Waals surface area contributed by atoms with Crippen LogP contribution in [0.5, 0.6) is 5.88 Å². The summed E-state index contributed by atoms with van der Waals surface area (Å²) < 4.78 is 47.1. The number of nitrogens with zero attached hydrogens (tertiary/aromatic N) is 5. The molecule has 3 saturated heterocycles. The van der Waals surface area contributed by atoms with Gasteiger partial charge in [0.2, 0.25) is 5.88 Å². The van der Waals surface area contributed by atoms with E-state index in [0.29, 0.717) is 68.3 Å². The number of halogens is 1. The van der Waals surface area contributed by atoms with E-state index in [-0.39, 0.29) is 42.7 Å². The summed E-state index contributed by atoms with van der Waals surface area (Å²) >= 11 is 0. The van der Waals surface area contributed by atoms with Crippen LogP contribution in [0.4, 0.5) is 4.39 Å². The van der Waals surface area contributed by atoms with Gasteiger partial charge in [0, 0.05) is 49.0 Å². The van der Waals surface area contributed by atoms with Crippen molar-refractivity contribution in [3.63, 3.8) is 0 Å². The van der Waals surface area contributed by atoms with Crippen LogP contribution in [0.25, 0.3) is 11.0 Å². The minimum atomic E-state index is -0.761. The zero-order valence-electron chi connectivity index (χ0n) is 33.1. The number of nitrogens with one attached hydrogen (secondary N) is 1. The zero-order valence-corrected chi connectivity index (χ0v) is 33.1. The zero-order chi connectivity index (χ0) is 39.5. The maximum atomic E-state index is 14.5. The summed E-state index contributed by atoms with van der Waals surface area (Å²) in [5.74, 6) is 0.618. The molecule has 0 saturated carbocycles. The fourth-order valence-electron chi connectivity index (χ4n) is 7.83. The van der Waals surface area contributed by atoms with E-state index in [2.05, 4.69) is 35.6 Å². The Morgan fingerprint density at radius 2 is 1.95 bits per heavy atom. The maximum Gasteiger partial charge on any atom is 0.251 e. The summed E-state index contributed by atoms with van der Waals surface area (Å²) in [7, 11) is 0. The Kier molecular flexibility index (Phi) is 11.8. The highest BCUT2D eigenvalue weighted by Gasteiger charge is 2.51. The molecule has 0 unspecified atom stereocenters. The molecule has 13 heteroatoms. The molecular formula is C43H53FN6O6. The van der Waals surface area contributed by atoms with Gasteiger partial charge in [-0.1, -0.05) is 25.5 Å². The predicted octanol–water partition coefficient (Wildman–Crippen LogP) is 6.78. The highest BCUT2D eigenvalue weighted by Crippen LogP contribution is 2.42. The molecule has 0 aliphatic carbocycles. The molecular weight excluding hydrogens is 716 g/mol. The number of hydrogen-bond donors (Lipinski definition) is 1. The van der Waals surface area contributed by atoms with E-state index in [1.807, 2.05) is 50.2 Å². The third-order valence-electron chi connectivity index (χ3n) is 11.2. The number of amides is 1. The molecule has 12 nitrogen and oxygen atoms in total. The van der Waals surface area contributed by atoms with Crippen molar-refractivity contribution < 1.29 is 32.9 Å². The van der Waals surface area contributed by atoms with E-state index < -0.39 is 17.0 Å². The predicted molar refractivity (Wildman–Crippen MR) is 207 cm³/mol. The van der Waals surface area contributed by atoms with Gasteiger partial charge >= 0.3 is 0 Å². The van der Waals surface area contributed by atoms with E-state index in [1.165, 1.54) is 6.07 Å². The molecule has 2 aromatic heterocycles. The molecule has 4 aromatic rings. The van der Waals surface area contributed by atoms with Gasteiger partial charge in [-0.25, -0.2) is 14.4 Å². The lowest BCUT2D eigenvalue weighted by Gasteiger charge is -2.41. The summed E-state index contributed by atoms with van der Waals surface area (Å²) in [5, 5.41) is 12.3. The Hall–Kier alpha value is -4.45. The molecule has 1 amide bonds. The van der Waals surface area contributed by atoms with Gasteiger partial charge in [-0.15, -0.1) is 0 Å². The van der Waals surface area contributed by atoms with Crippen molar-refractivity contribution in [3.8, 4) is 11.9 Å². The fraction of sp³-hybridized carbons (Fsp3) is 0.535. The van der Waals surface area contributed by atoms with Gasteiger partial charge in [0.05, 0.1) is 53.2 Å². The van der Waals surface area contributed by atoms with Crippen molar-refractivity contribution in [2.24, 2.45) is 0 Å². The molecule has 0 spiro atoms. The van der Waals surface area contributed by atoms with Gasteiger partial charge in [0.15, 0.2) is 0 Å². The number of hydrogen-bond acceptors (Lipinski definition) is 10. The van der Waals surface area contributed by atoms with Gasteiger partial charge in [-0.2, -0.15) is 5.26 Å². The number of aromatic nitrogens is 3. The molecule has 5 heterocycles. The summed E-state index contributed by atoms with van der Waals surface area (Å²) in [6.07, 6.45) is 4.15. The minimum absolute atomic E-state index is 0.0279. The first-order valence-corrected chi connectivity index (χ1v) is 19.7. The SMILES string of the molecule is CCCC(C)(C)OCCC(C)(C)NC(=O)c1ccc2nc(CN3CC[C@]4(c5cccc(OCc6ccc(C#N)cc6F)n5)OCO[C@@H]4C3)n(C[C@@H]3CCO3)c2c1. The summed E-state index contributed by atoms with van der Waals surface area (Å²) in [4.78, 5) is 25.8. The number of carbonyl (C=O) groups excluding carboxylic acids is 1. The number of fused-ring (bicyclic) bond motifs is 2. The van der Waals surface area contributed by atoms with Crippen molar-refractivity contribution in [3.05, 3.63) is 88.6 Å². The number of carbonyl (C=O) groups is 1. The van der Waals surface area contributed by atoms with Crippen LogP contribution in [-0.4, -0.2) is 81.8 Å². The topological polar surface area (TPSA) is 133 Å². The Balaban J connectivity index is 1.04. The van der Waals surface area contributed by atoms with Crippen LogP contribution < -0.4 is 10.1 Å².